The van der Waals surface area contributed by atoms with Gasteiger partial charge >= 0.3 is 0 Å². The maximum atomic E-state index is 13.8. The summed E-state index contributed by atoms with van der Waals surface area (Å²) in [5.41, 5.74) is 4.40. The van der Waals surface area contributed by atoms with Crippen molar-refractivity contribution < 1.29 is 0 Å². The van der Waals surface area contributed by atoms with Gasteiger partial charge in [-0.05, 0) is 123 Å². The maximum absolute atomic E-state index is 13.8. The van der Waals surface area contributed by atoms with Gasteiger partial charge < -0.3 is 9.13 Å². The zero-order chi connectivity index (χ0) is 69.3. The molecule has 12 aromatic carbocycles. The topological polar surface area (TPSA) is 44.0 Å². The number of hydrogen-bond donors (Lipinski definition) is 0. The third-order valence-electron chi connectivity index (χ3n) is 14.1. The largest absolute Gasteiger partial charge is 0.303 e. The number of para-hydroxylation sites is 2. The molecule has 0 spiro atoms. The van der Waals surface area contributed by atoms with Crippen molar-refractivity contribution in [1.82, 2.24) is 9.13 Å². The summed E-state index contributed by atoms with van der Waals surface area (Å²) >= 11 is 0. The summed E-state index contributed by atoms with van der Waals surface area (Å²) in [5, 5.41) is 20.3. The summed E-state index contributed by atoms with van der Waals surface area (Å²) in [5.74, 6) is 0. The Morgan fingerprint density at radius 2 is 0.489 bits per heavy atom. The third-order valence-corrected chi connectivity index (χ3v) is 14.1. The van der Waals surface area contributed by atoms with Crippen molar-refractivity contribution in [2.24, 2.45) is 0 Å². The number of benzene rings is 12. The summed E-state index contributed by atoms with van der Waals surface area (Å²) in [6, 6.07) is 79.8. The van der Waals surface area contributed by atoms with Gasteiger partial charge in [0, 0.05) is 21.5 Å². The summed E-state index contributed by atoms with van der Waals surface area (Å²) in [6.45, 7) is 49.0. The van der Waals surface area contributed by atoms with Crippen LogP contribution in [0, 0.1) is 0 Å². The Labute approximate surface area is 555 Å². The van der Waals surface area contributed by atoms with Crippen LogP contribution in [0.1, 0.15) is 177 Å². The minimum absolute atomic E-state index is 0.0515. The van der Waals surface area contributed by atoms with E-state index in [9.17, 15) is 9.59 Å². The molecule has 2 heterocycles. The molecule has 4 heteroatoms. The lowest BCUT2D eigenvalue weighted by atomic mass is 9.92. The molecule has 14 rings (SSSR count). The Morgan fingerprint density at radius 3 is 0.924 bits per heavy atom. The lowest BCUT2D eigenvalue weighted by molar-refractivity contribution is 0.813. The monoisotopic (exact) mass is 1230 g/mol. The minimum atomic E-state index is 0.0515. The third kappa shape index (κ3) is 18.2. The Balaban J connectivity index is 0.000000696. The van der Waals surface area contributed by atoms with E-state index in [4.69, 9.17) is 0 Å². The highest BCUT2D eigenvalue weighted by Crippen LogP contribution is 2.37. The van der Waals surface area contributed by atoms with E-state index in [1.807, 2.05) is 248 Å². The van der Waals surface area contributed by atoms with Gasteiger partial charge in [0.05, 0.1) is 24.1 Å². The number of fused-ring (bicyclic) bond motifs is 14. The molecule has 488 valence electrons. The first-order valence-corrected chi connectivity index (χ1v) is 35.2. The fourth-order valence-corrected chi connectivity index (χ4v) is 11.0. The summed E-state index contributed by atoms with van der Waals surface area (Å²) < 4.78 is 3.91. The van der Waals surface area contributed by atoms with Crippen LogP contribution in [0.2, 0.25) is 0 Å². The van der Waals surface area contributed by atoms with E-state index in [1.165, 1.54) is 75.8 Å². The molecule has 0 atom stereocenters. The molecule has 0 N–H and O–H groups in total. The first-order chi connectivity index (χ1) is 45.6. The van der Waals surface area contributed by atoms with Crippen LogP contribution in [0.15, 0.2) is 240 Å². The second-order valence-corrected chi connectivity index (χ2v) is 17.8. The SMILES string of the molecule is CC.CC.CC.CC.CC.CC.CC.CC.CC.CC.CC.CC.O=c1c2ccccc2c2ccccc2n1Cc1c2ccccc2cc2c1ccc1ccccc12.O=c1c2ccccc2c2ccccc2n1Cc1c2ccccc2cc2ccc3ccccc3c12. The lowest BCUT2D eigenvalue weighted by Gasteiger charge is -2.18. The van der Waals surface area contributed by atoms with Crippen LogP contribution in [-0.4, -0.2) is 9.13 Å². The van der Waals surface area contributed by atoms with Crippen molar-refractivity contribution in [3.63, 3.8) is 0 Å². The van der Waals surface area contributed by atoms with Crippen LogP contribution in [0.5, 0.6) is 0 Å². The molecule has 0 unspecified atom stereocenters. The zero-order valence-electron chi connectivity index (χ0n) is 61.1. The molecule has 0 aliphatic heterocycles. The average molecular weight is 1230 g/mol. The van der Waals surface area contributed by atoms with Crippen LogP contribution < -0.4 is 11.1 Å². The van der Waals surface area contributed by atoms with Crippen LogP contribution in [-0.2, 0) is 13.1 Å². The second kappa shape index (κ2) is 45.4. The standard InChI is InChI=1S/2C32H21NO.12C2H6/c34-32-28-15-6-5-13-26(28)27-14-7-8-16-30(27)33(32)20-29-24-11-3-2-10-22(24)19-23-18-17-21-9-1-4-12-25(21)31(23)29;34-32-28-15-6-5-13-25(28)27-14-7-8-16-31(27)33(32)20-30-24-12-4-2-10-22(24)19-29-23-11-3-1-9-21(23)17-18-26(29)30;12*1-2/h2*1-19H,20H2;12*1-2H3. The van der Waals surface area contributed by atoms with Crippen molar-refractivity contribution >= 4 is 108 Å². The van der Waals surface area contributed by atoms with E-state index in [0.29, 0.717) is 13.1 Å². The van der Waals surface area contributed by atoms with Gasteiger partial charge in [0.1, 0.15) is 0 Å². The quantitative estimate of drug-likeness (QED) is 0.130. The fraction of sp³-hybridized carbons (Fsp3) is 0.295. The van der Waals surface area contributed by atoms with Crippen LogP contribution >= 0.6 is 0 Å². The molecule has 0 aliphatic rings. The highest BCUT2D eigenvalue weighted by atomic mass is 16.1. The fourth-order valence-electron chi connectivity index (χ4n) is 11.0. The number of pyridine rings is 2. The summed E-state index contributed by atoms with van der Waals surface area (Å²) in [6.07, 6.45) is 0. The molecule has 0 saturated carbocycles. The summed E-state index contributed by atoms with van der Waals surface area (Å²) in [7, 11) is 0. The maximum Gasteiger partial charge on any atom is 0.259 e. The predicted octanol–water partition coefficient (Wildman–Crippen LogP) is 27.6. The Bertz CT molecular complexity index is 4510. The molecule has 0 amide bonds. The predicted molar refractivity (Wildman–Crippen MR) is 424 cm³/mol. The van der Waals surface area contributed by atoms with Crippen LogP contribution in [0.4, 0.5) is 0 Å². The van der Waals surface area contributed by atoms with E-state index >= 15 is 0 Å². The van der Waals surface area contributed by atoms with Crippen molar-refractivity contribution in [3.05, 3.63) is 262 Å². The second-order valence-electron chi connectivity index (χ2n) is 17.8. The molecule has 14 aromatic rings. The average Bonchev–Trinajstić information content (AvgIpc) is 0.767. The highest BCUT2D eigenvalue weighted by molar-refractivity contribution is 6.16. The molecule has 4 nitrogen and oxygen atoms in total. The molecular formula is C88H114N2O2. The Morgan fingerprint density at radius 1 is 0.207 bits per heavy atom. The van der Waals surface area contributed by atoms with Crippen LogP contribution in [0.3, 0.4) is 0 Å². The molecule has 0 saturated heterocycles. The first kappa shape index (κ1) is 81.2. The van der Waals surface area contributed by atoms with Gasteiger partial charge in [-0.2, -0.15) is 0 Å². The van der Waals surface area contributed by atoms with Gasteiger partial charge in [-0.25, -0.2) is 0 Å². The molecule has 2 aromatic heterocycles. The summed E-state index contributed by atoms with van der Waals surface area (Å²) in [4.78, 5) is 27.6. The molecule has 92 heavy (non-hydrogen) atoms. The van der Waals surface area contributed by atoms with Gasteiger partial charge in [0.25, 0.3) is 11.1 Å². The lowest BCUT2D eigenvalue weighted by Crippen LogP contribution is -2.21. The van der Waals surface area contributed by atoms with Gasteiger partial charge in [-0.15, -0.1) is 0 Å². The number of hydrogen-bond acceptors (Lipinski definition) is 2. The normalized spacial score (nSPS) is 9.48. The Hall–Kier alpha value is -8.86. The Kier molecular flexibility index (Phi) is 40.0. The van der Waals surface area contributed by atoms with E-state index < -0.39 is 0 Å². The molecule has 0 radical (unpaired) electrons. The van der Waals surface area contributed by atoms with Gasteiger partial charge in [0.2, 0.25) is 0 Å². The van der Waals surface area contributed by atoms with Gasteiger partial charge in [-0.3, -0.25) is 9.59 Å². The molecule has 0 fully saturated rings. The van der Waals surface area contributed by atoms with Crippen molar-refractivity contribution in [1.29, 1.82) is 0 Å². The zero-order valence-corrected chi connectivity index (χ0v) is 61.1. The minimum Gasteiger partial charge on any atom is -0.303 e. The molecular weight excluding hydrogens is 1120 g/mol. The van der Waals surface area contributed by atoms with Gasteiger partial charge in [0.15, 0.2) is 0 Å². The van der Waals surface area contributed by atoms with Crippen LogP contribution in [0.25, 0.3) is 108 Å². The molecule has 0 aliphatic carbocycles. The van der Waals surface area contributed by atoms with E-state index in [1.54, 1.807) is 0 Å². The highest BCUT2D eigenvalue weighted by Gasteiger charge is 2.18. The number of nitrogens with zero attached hydrogens (tertiary/aromatic N) is 2. The molecule has 0 bridgehead atoms. The number of rotatable bonds is 4. The van der Waals surface area contributed by atoms with E-state index in [2.05, 4.69) is 158 Å². The number of aromatic nitrogens is 2. The van der Waals surface area contributed by atoms with E-state index in [-0.39, 0.29) is 11.1 Å². The van der Waals surface area contributed by atoms with Gasteiger partial charge in [-0.1, -0.05) is 360 Å². The first-order valence-electron chi connectivity index (χ1n) is 35.2. The smallest absolute Gasteiger partial charge is 0.259 e. The van der Waals surface area contributed by atoms with Crippen molar-refractivity contribution in [3.8, 4) is 0 Å². The van der Waals surface area contributed by atoms with Crippen molar-refractivity contribution in [2.45, 2.75) is 179 Å². The van der Waals surface area contributed by atoms with Crippen molar-refractivity contribution in [2.75, 3.05) is 0 Å². The van der Waals surface area contributed by atoms with E-state index in [0.717, 1.165) is 43.4 Å².